The van der Waals surface area contributed by atoms with Gasteiger partial charge in [-0.1, -0.05) is 49.4 Å². The van der Waals surface area contributed by atoms with Gasteiger partial charge in [0.1, 0.15) is 24.1 Å². The molecule has 7 nitrogen and oxygen atoms in total. The molecule has 0 spiro atoms. The first-order chi connectivity index (χ1) is 16.2. The van der Waals surface area contributed by atoms with Crippen LogP contribution in [0, 0.1) is 0 Å². The molecular weight excluding hydrogens is 430 g/mol. The molecule has 3 rings (SSSR count). The van der Waals surface area contributed by atoms with Gasteiger partial charge < -0.3 is 14.0 Å². The summed E-state index contributed by atoms with van der Waals surface area (Å²) in [5.41, 5.74) is 2.15. The van der Waals surface area contributed by atoms with Crippen LogP contribution in [-0.4, -0.2) is 44.7 Å². The topological polar surface area (TPSA) is 73.7 Å². The molecule has 34 heavy (non-hydrogen) atoms. The van der Waals surface area contributed by atoms with E-state index >= 15 is 0 Å². The number of para-hydroxylation sites is 2. The Morgan fingerprint density at radius 1 is 1.06 bits per heavy atom. The van der Waals surface area contributed by atoms with E-state index < -0.39 is 23.7 Å². The van der Waals surface area contributed by atoms with Gasteiger partial charge in [-0.05, 0) is 51.3 Å². The van der Waals surface area contributed by atoms with Crippen LogP contribution in [0.5, 0.6) is 0 Å². The van der Waals surface area contributed by atoms with Crippen LogP contribution >= 0.6 is 0 Å². The largest absolute Gasteiger partial charge is 0.459 e. The maximum atomic E-state index is 13.3. The van der Waals surface area contributed by atoms with Gasteiger partial charge in [0.25, 0.3) is 0 Å². The molecule has 182 valence electrons. The van der Waals surface area contributed by atoms with Crippen LogP contribution < -0.4 is 0 Å². The third-order valence-electron chi connectivity index (χ3n) is 5.49. The Morgan fingerprint density at radius 3 is 2.38 bits per heavy atom. The minimum atomic E-state index is -0.779. The van der Waals surface area contributed by atoms with Crippen LogP contribution in [-0.2, 0) is 34.3 Å². The molecular formula is C27H35N3O4. The molecule has 0 aliphatic rings. The van der Waals surface area contributed by atoms with Gasteiger partial charge in [0, 0.05) is 20.0 Å². The van der Waals surface area contributed by atoms with Gasteiger partial charge in [0.2, 0.25) is 0 Å². The molecule has 0 aliphatic carbocycles. The standard InChI is InChI=1S/C27H35N3O4/c1-6-18-30(26(32)34-27(2,3)4)23(25(31)33-19-20-12-8-7-9-13-20)16-17-24-28-21-14-10-11-15-22(21)29(24)5/h7-15,23H,6,16-19H2,1-5H3/t23-/m0/s1. The van der Waals surface area contributed by atoms with Crippen molar-refractivity contribution >= 4 is 23.1 Å². The zero-order valence-corrected chi connectivity index (χ0v) is 20.8. The van der Waals surface area contributed by atoms with Crippen molar-refractivity contribution in [1.29, 1.82) is 0 Å². The number of hydrogen-bond donors (Lipinski definition) is 0. The SMILES string of the molecule is CCCN(C(=O)OC(C)(C)C)[C@@H](CCc1nc2ccccc2n1C)C(=O)OCc1ccccc1. The first-order valence-electron chi connectivity index (χ1n) is 11.8. The highest BCUT2D eigenvalue weighted by Gasteiger charge is 2.34. The minimum absolute atomic E-state index is 0.150. The van der Waals surface area contributed by atoms with Crippen LogP contribution in [0.2, 0.25) is 0 Å². The zero-order chi connectivity index (χ0) is 24.7. The molecule has 1 atom stereocenters. The summed E-state index contributed by atoms with van der Waals surface area (Å²) in [7, 11) is 1.96. The smallest absolute Gasteiger partial charge is 0.411 e. The van der Waals surface area contributed by atoms with E-state index in [1.54, 1.807) is 0 Å². The average Bonchev–Trinajstić information content (AvgIpc) is 3.12. The predicted molar refractivity (Wildman–Crippen MR) is 132 cm³/mol. The van der Waals surface area contributed by atoms with Gasteiger partial charge in [-0.25, -0.2) is 14.6 Å². The van der Waals surface area contributed by atoms with Gasteiger partial charge in [0.05, 0.1) is 11.0 Å². The zero-order valence-electron chi connectivity index (χ0n) is 20.8. The third kappa shape index (κ3) is 6.59. The Morgan fingerprint density at radius 2 is 1.74 bits per heavy atom. The van der Waals surface area contributed by atoms with Crippen molar-refractivity contribution in [2.24, 2.45) is 7.05 Å². The summed E-state index contributed by atoms with van der Waals surface area (Å²) >= 11 is 0. The number of fused-ring (bicyclic) bond motifs is 1. The molecule has 0 N–H and O–H groups in total. The summed E-state index contributed by atoms with van der Waals surface area (Å²) in [6, 6.07) is 16.6. The number of amides is 1. The van der Waals surface area contributed by atoms with Crippen molar-refractivity contribution in [2.45, 2.75) is 65.2 Å². The number of imidazole rings is 1. The van der Waals surface area contributed by atoms with Crippen LogP contribution in [0.15, 0.2) is 54.6 Å². The Labute approximate surface area is 201 Å². The molecule has 0 aliphatic heterocycles. The number of ether oxygens (including phenoxy) is 2. The van der Waals surface area contributed by atoms with E-state index in [-0.39, 0.29) is 6.61 Å². The predicted octanol–water partition coefficient (Wildman–Crippen LogP) is 5.27. The molecule has 0 fully saturated rings. The van der Waals surface area contributed by atoms with Gasteiger partial charge in [-0.2, -0.15) is 0 Å². The van der Waals surface area contributed by atoms with E-state index in [1.807, 2.05) is 93.9 Å². The molecule has 7 heteroatoms. The summed E-state index contributed by atoms with van der Waals surface area (Å²) in [6.45, 7) is 7.96. The molecule has 3 aromatic rings. The number of aryl methyl sites for hydroxylation is 2. The lowest BCUT2D eigenvalue weighted by Gasteiger charge is -2.32. The van der Waals surface area contributed by atoms with E-state index in [0.29, 0.717) is 25.8 Å². The lowest BCUT2D eigenvalue weighted by molar-refractivity contribution is -0.151. The van der Waals surface area contributed by atoms with Crippen molar-refractivity contribution < 1.29 is 19.1 Å². The lowest BCUT2D eigenvalue weighted by Crippen LogP contribution is -2.48. The van der Waals surface area contributed by atoms with Crippen LogP contribution in [0.3, 0.4) is 0 Å². The quantitative estimate of drug-likeness (QED) is 0.403. The van der Waals surface area contributed by atoms with Crippen molar-refractivity contribution in [3.8, 4) is 0 Å². The Kier molecular flexibility index (Phi) is 8.31. The number of rotatable bonds is 9. The molecule has 0 radical (unpaired) electrons. The van der Waals surface area contributed by atoms with Crippen LogP contribution in [0.1, 0.15) is 51.9 Å². The average molecular weight is 466 g/mol. The summed E-state index contributed by atoms with van der Waals surface area (Å²) < 4.78 is 13.3. The van der Waals surface area contributed by atoms with Crippen molar-refractivity contribution in [3.05, 3.63) is 66.0 Å². The molecule has 0 bridgehead atoms. The Hall–Kier alpha value is -3.35. The summed E-state index contributed by atoms with van der Waals surface area (Å²) in [5.74, 6) is 0.407. The summed E-state index contributed by atoms with van der Waals surface area (Å²) in [5, 5.41) is 0. The monoisotopic (exact) mass is 465 g/mol. The second-order valence-corrected chi connectivity index (χ2v) is 9.40. The molecule has 0 unspecified atom stereocenters. The molecule has 0 saturated heterocycles. The number of aromatic nitrogens is 2. The first-order valence-corrected chi connectivity index (χ1v) is 11.8. The molecule has 1 heterocycles. The number of carbonyl (C=O) groups excluding carboxylic acids is 2. The van der Waals surface area contributed by atoms with E-state index in [2.05, 4.69) is 0 Å². The number of esters is 1. The lowest BCUT2D eigenvalue weighted by atomic mass is 10.1. The Balaban J connectivity index is 1.83. The number of carbonyl (C=O) groups is 2. The summed E-state index contributed by atoms with van der Waals surface area (Å²) in [6.07, 6.45) is 1.07. The highest BCUT2D eigenvalue weighted by atomic mass is 16.6. The second-order valence-electron chi connectivity index (χ2n) is 9.40. The van der Waals surface area contributed by atoms with E-state index in [4.69, 9.17) is 14.5 Å². The minimum Gasteiger partial charge on any atom is -0.459 e. The fraction of sp³-hybridized carbons (Fsp3) is 0.444. The van der Waals surface area contributed by atoms with Crippen molar-refractivity contribution in [3.63, 3.8) is 0 Å². The fourth-order valence-corrected chi connectivity index (χ4v) is 3.85. The number of benzene rings is 2. The van der Waals surface area contributed by atoms with Gasteiger partial charge in [0.15, 0.2) is 0 Å². The molecule has 2 aromatic carbocycles. The van der Waals surface area contributed by atoms with Gasteiger partial charge in [-0.3, -0.25) is 4.90 Å². The van der Waals surface area contributed by atoms with Crippen LogP contribution in [0.25, 0.3) is 11.0 Å². The maximum Gasteiger partial charge on any atom is 0.411 e. The molecule has 1 amide bonds. The van der Waals surface area contributed by atoms with E-state index in [9.17, 15) is 9.59 Å². The summed E-state index contributed by atoms with van der Waals surface area (Å²) in [4.78, 5) is 32.6. The van der Waals surface area contributed by atoms with Crippen molar-refractivity contribution in [1.82, 2.24) is 14.5 Å². The highest BCUT2D eigenvalue weighted by molar-refractivity contribution is 5.81. The van der Waals surface area contributed by atoms with Crippen molar-refractivity contribution in [2.75, 3.05) is 6.54 Å². The Bertz CT molecular complexity index is 1100. The van der Waals surface area contributed by atoms with E-state index in [0.717, 1.165) is 22.4 Å². The first kappa shape index (κ1) is 25.3. The van der Waals surface area contributed by atoms with E-state index in [1.165, 1.54) is 4.90 Å². The number of hydrogen-bond acceptors (Lipinski definition) is 5. The third-order valence-corrected chi connectivity index (χ3v) is 5.49. The second kappa shape index (κ2) is 11.2. The highest BCUT2D eigenvalue weighted by Crippen LogP contribution is 2.20. The number of nitrogens with zero attached hydrogens (tertiary/aromatic N) is 3. The normalized spacial score (nSPS) is 12.4. The van der Waals surface area contributed by atoms with Crippen LogP contribution in [0.4, 0.5) is 4.79 Å². The van der Waals surface area contributed by atoms with Gasteiger partial charge in [-0.15, -0.1) is 0 Å². The molecule has 0 saturated carbocycles. The maximum absolute atomic E-state index is 13.3. The fourth-order valence-electron chi connectivity index (χ4n) is 3.85. The van der Waals surface area contributed by atoms with Gasteiger partial charge >= 0.3 is 12.1 Å². The molecule has 1 aromatic heterocycles.